The van der Waals surface area contributed by atoms with Crippen molar-refractivity contribution in [3.63, 3.8) is 0 Å². The van der Waals surface area contributed by atoms with Crippen molar-refractivity contribution in [3.05, 3.63) is 0 Å². The lowest BCUT2D eigenvalue weighted by molar-refractivity contribution is -0.139. The fourth-order valence-electron chi connectivity index (χ4n) is 1.76. The fraction of sp³-hybridized carbons (Fsp3) is 0.889. The SMILES string of the molecule is CSCCC(NC1CS(=O)(=O)C[C@@H]1O)C(=O)O. The summed E-state index contributed by atoms with van der Waals surface area (Å²) in [4.78, 5) is 11.0. The van der Waals surface area contributed by atoms with E-state index in [2.05, 4.69) is 5.32 Å². The third-order valence-electron chi connectivity index (χ3n) is 2.65. The molecule has 17 heavy (non-hydrogen) atoms. The van der Waals surface area contributed by atoms with Crippen LogP contribution in [0.2, 0.25) is 0 Å². The summed E-state index contributed by atoms with van der Waals surface area (Å²) in [5, 5.41) is 21.2. The highest BCUT2D eigenvalue weighted by Crippen LogP contribution is 2.14. The lowest BCUT2D eigenvalue weighted by Gasteiger charge is -2.20. The number of rotatable bonds is 6. The van der Waals surface area contributed by atoms with Crippen LogP contribution in [0.3, 0.4) is 0 Å². The Kier molecular flexibility index (Phi) is 5.23. The number of carboxylic acid groups (broad SMARTS) is 1. The number of thioether (sulfide) groups is 1. The van der Waals surface area contributed by atoms with E-state index in [1.54, 1.807) is 0 Å². The minimum Gasteiger partial charge on any atom is -0.480 e. The molecule has 1 aliphatic heterocycles. The van der Waals surface area contributed by atoms with Crippen LogP contribution >= 0.6 is 11.8 Å². The Morgan fingerprint density at radius 1 is 1.53 bits per heavy atom. The predicted molar refractivity (Wildman–Crippen MR) is 66.0 cm³/mol. The molecule has 0 aromatic carbocycles. The molecular formula is C9H17NO5S2. The highest BCUT2D eigenvalue weighted by atomic mass is 32.2. The molecule has 0 aromatic heterocycles. The molecule has 0 radical (unpaired) electrons. The Bertz CT molecular complexity index is 370. The monoisotopic (exact) mass is 283 g/mol. The molecule has 6 nitrogen and oxygen atoms in total. The number of aliphatic carboxylic acids is 1. The van der Waals surface area contributed by atoms with Crippen LogP contribution in [0.15, 0.2) is 0 Å². The molecule has 0 aliphatic carbocycles. The molecule has 1 heterocycles. The molecule has 1 aliphatic rings. The van der Waals surface area contributed by atoms with Crippen LogP contribution in [-0.2, 0) is 14.6 Å². The van der Waals surface area contributed by atoms with Gasteiger partial charge in [-0.1, -0.05) is 0 Å². The quantitative estimate of drug-likeness (QED) is 0.571. The van der Waals surface area contributed by atoms with Gasteiger partial charge in [0.25, 0.3) is 0 Å². The van der Waals surface area contributed by atoms with Gasteiger partial charge in [-0.15, -0.1) is 0 Å². The largest absolute Gasteiger partial charge is 0.480 e. The number of nitrogens with one attached hydrogen (secondary N) is 1. The number of aliphatic hydroxyl groups is 1. The van der Waals surface area contributed by atoms with Gasteiger partial charge in [0.1, 0.15) is 6.04 Å². The lowest BCUT2D eigenvalue weighted by Crippen LogP contribution is -2.48. The van der Waals surface area contributed by atoms with Crippen molar-refractivity contribution in [2.45, 2.75) is 24.6 Å². The van der Waals surface area contributed by atoms with Crippen molar-refractivity contribution < 1.29 is 23.4 Å². The van der Waals surface area contributed by atoms with Crippen LogP contribution in [0.25, 0.3) is 0 Å². The molecule has 2 unspecified atom stereocenters. The van der Waals surface area contributed by atoms with Gasteiger partial charge in [-0.05, 0) is 18.4 Å². The number of sulfone groups is 1. The average molecular weight is 283 g/mol. The Morgan fingerprint density at radius 3 is 2.59 bits per heavy atom. The lowest BCUT2D eigenvalue weighted by atomic mass is 10.1. The van der Waals surface area contributed by atoms with Gasteiger partial charge in [0.15, 0.2) is 9.84 Å². The second kappa shape index (κ2) is 6.03. The van der Waals surface area contributed by atoms with E-state index in [9.17, 15) is 18.3 Å². The summed E-state index contributed by atoms with van der Waals surface area (Å²) in [5.41, 5.74) is 0. The zero-order valence-corrected chi connectivity index (χ0v) is 11.1. The van der Waals surface area contributed by atoms with Crippen LogP contribution < -0.4 is 5.32 Å². The van der Waals surface area contributed by atoms with E-state index in [1.807, 2.05) is 6.26 Å². The summed E-state index contributed by atoms with van der Waals surface area (Å²) >= 11 is 1.52. The highest BCUT2D eigenvalue weighted by molar-refractivity contribution is 7.98. The molecule has 0 amide bonds. The normalized spacial score (nSPS) is 29.1. The molecule has 0 spiro atoms. The number of aliphatic hydroxyl groups excluding tert-OH is 1. The molecule has 1 rings (SSSR count). The van der Waals surface area contributed by atoms with Gasteiger partial charge in [-0.3, -0.25) is 10.1 Å². The molecule has 1 fully saturated rings. The fourth-order valence-corrected chi connectivity index (χ4v) is 3.99. The number of carboxylic acids is 1. The zero-order chi connectivity index (χ0) is 13.1. The summed E-state index contributed by atoms with van der Waals surface area (Å²) in [6, 6.07) is -1.49. The van der Waals surface area contributed by atoms with E-state index < -0.39 is 34.0 Å². The van der Waals surface area contributed by atoms with Gasteiger partial charge in [0, 0.05) is 6.04 Å². The maximum Gasteiger partial charge on any atom is 0.320 e. The third kappa shape index (κ3) is 4.46. The minimum absolute atomic E-state index is 0.197. The van der Waals surface area contributed by atoms with E-state index in [1.165, 1.54) is 11.8 Å². The molecule has 8 heteroatoms. The first kappa shape index (κ1) is 14.7. The highest BCUT2D eigenvalue weighted by Gasteiger charge is 2.38. The van der Waals surface area contributed by atoms with Crippen molar-refractivity contribution >= 4 is 27.6 Å². The van der Waals surface area contributed by atoms with Crippen molar-refractivity contribution in [1.82, 2.24) is 5.32 Å². The minimum atomic E-state index is -3.25. The van der Waals surface area contributed by atoms with Gasteiger partial charge < -0.3 is 10.2 Å². The molecule has 0 saturated carbocycles. The van der Waals surface area contributed by atoms with Crippen molar-refractivity contribution in [2.75, 3.05) is 23.5 Å². The molecule has 0 aromatic rings. The molecule has 1 saturated heterocycles. The van der Waals surface area contributed by atoms with Gasteiger partial charge in [-0.25, -0.2) is 8.42 Å². The first-order chi connectivity index (χ1) is 7.85. The first-order valence-electron chi connectivity index (χ1n) is 5.22. The smallest absolute Gasteiger partial charge is 0.320 e. The van der Waals surface area contributed by atoms with Crippen LogP contribution in [-0.4, -0.2) is 66.3 Å². The maximum absolute atomic E-state index is 11.3. The average Bonchev–Trinajstić information content (AvgIpc) is 2.46. The van der Waals surface area contributed by atoms with E-state index in [0.717, 1.165) is 0 Å². The van der Waals surface area contributed by atoms with E-state index in [4.69, 9.17) is 5.11 Å². The van der Waals surface area contributed by atoms with E-state index in [0.29, 0.717) is 12.2 Å². The van der Waals surface area contributed by atoms with Gasteiger partial charge >= 0.3 is 5.97 Å². The summed E-state index contributed by atoms with van der Waals surface area (Å²) in [7, 11) is -3.25. The predicted octanol–water partition coefficient (Wildman–Crippen LogP) is -1.06. The third-order valence-corrected chi connectivity index (χ3v) is 5.01. The number of hydrogen-bond donors (Lipinski definition) is 3. The molecule has 3 N–H and O–H groups in total. The van der Waals surface area contributed by atoms with Gasteiger partial charge in [-0.2, -0.15) is 11.8 Å². The summed E-state index contributed by atoms with van der Waals surface area (Å²) < 4.78 is 22.5. The first-order valence-corrected chi connectivity index (χ1v) is 8.43. The Labute approximate surface area is 105 Å². The van der Waals surface area contributed by atoms with E-state index >= 15 is 0 Å². The van der Waals surface area contributed by atoms with Gasteiger partial charge in [0.05, 0.1) is 17.6 Å². The van der Waals surface area contributed by atoms with Crippen LogP contribution in [0, 0.1) is 0 Å². The Balaban J connectivity index is 2.58. The topological polar surface area (TPSA) is 104 Å². The Hall–Kier alpha value is -0.310. The molecule has 3 atom stereocenters. The number of hydrogen-bond acceptors (Lipinski definition) is 6. The van der Waals surface area contributed by atoms with Crippen LogP contribution in [0.4, 0.5) is 0 Å². The molecule has 0 bridgehead atoms. The zero-order valence-electron chi connectivity index (χ0n) is 9.50. The second-order valence-corrected chi connectivity index (χ2v) is 7.23. The van der Waals surface area contributed by atoms with Crippen molar-refractivity contribution in [3.8, 4) is 0 Å². The maximum atomic E-state index is 11.3. The van der Waals surface area contributed by atoms with Crippen LogP contribution in [0.5, 0.6) is 0 Å². The van der Waals surface area contributed by atoms with Gasteiger partial charge in [0.2, 0.25) is 0 Å². The van der Waals surface area contributed by atoms with E-state index in [-0.39, 0.29) is 11.5 Å². The van der Waals surface area contributed by atoms with Crippen LogP contribution in [0.1, 0.15) is 6.42 Å². The number of carbonyl (C=O) groups is 1. The summed E-state index contributed by atoms with van der Waals surface area (Å²) in [5.74, 6) is -0.841. The van der Waals surface area contributed by atoms with Crippen molar-refractivity contribution in [2.24, 2.45) is 0 Å². The summed E-state index contributed by atoms with van der Waals surface area (Å²) in [6.07, 6.45) is 1.25. The summed E-state index contributed by atoms with van der Waals surface area (Å²) in [6.45, 7) is 0. The van der Waals surface area contributed by atoms with Crippen molar-refractivity contribution in [1.29, 1.82) is 0 Å². The standard InChI is InChI=1S/C9H17NO5S2/c1-16-3-2-6(9(12)13)10-7-4-17(14,15)5-8(7)11/h6-8,10-11H,2-5H2,1H3,(H,12,13)/t6?,7?,8-/m0/s1. The molecular weight excluding hydrogens is 266 g/mol. The second-order valence-electron chi connectivity index (χ2n) is 4.09. The molecule has 100 valence electrons. The Morgan fingerprint density at radius 2 is 2.18 bits per heavy atom.